The van der Waals surface area contributed by atoms with Gasteiger partial charge in [0.05, 0.1) is 5.69 Å². The maximum atomic E-state index is 6.46. The van der Waals surface area contributed by atoms with Gasteiger partial charge in [0.2, 0.25) is 0 Å². The van der Waals surface area contributed by atoms with E-state index in [2.05, 4.69) is 205 Å². The molecule has 4 nitrogen and oxygen atoms in total. The maximum Gasteiger partial charge on any atom is 0.137 e. The summed E-state index contributed by atoms with van der Waals surface area (Å²) in [5.41, 5.74) is 11.5. The van der Waals surface area contributed by atoms with Gasteiger partial charge in [-0.15, -0.1) is 0 Å². The Hall–Kier alpha value is -8.08. The first-order valence-electron chi connectivity index (χ1n) is 20.6. The van der Waals surface area contributed by atoms with Gasteiger partial charge in [0.25, 0.3) is 0 Å². The third-order valence-electron chi connectivity index (χ3n) is 11.7. The lowest BCUT2D eigenvalue weighted by atomic mass is 10.00. The highest BCUT2D eigenvalue weighted by molar-refractivity contribution is 6.06. The highest BCUT2D eigenvalue weighted by Crippen LogP contribution is 2.44. The summed E-state index contributed by atoms with van der Waals surface area (Å²) in [5, 5.41) is 8.80. The molecule has 61 heavy (non-hydrogen) atoms. The van der Waals surface area contributed by atoms with E-state index >= 15 is 0 Å². The molecule has 2 aromatic heterocycles. The van der Waals surface area contributed by atoms with Crippen molar-refractivity contribution < 1.29 is 8.83 Å². The number of nitrogens with zero attached hydrogens (tertiary/aromatic N) is 2. The molecule has 2 heterocycles. The van der Waals surface area contributed by atoms with E-state index in [1.165, 1.54) is 16.2 Å². The zero-order chi connectivity index (χ0) is 40.9. The van der Waals surface area contributed by atoms with Crippen LogP contribution in [0.3, 0.4) is 0 Å². The van der Waals surface area contributed by atoms with Gasteiger partial charge in [-0.25, -0.2) is 0 Å². The lowest BCUT2D eigenvalue weighted by Gasteiger charge is -2.29. The molecule has 9 aromatic carbocycles. The Kier molecular flexibility index (Phi) is 8.83. The lowest BCUT2D eigenvalue weighted by molar-refractivity contribution is 0.575. The smallest absolute Gasteiger partial charge is 0.137 e. The molecule has 4 heteroatoms. The summed E-state index contributed by atoms with van der Waals surface area (Å²) in [5.74, 6) is 0. The topological polar surface area (TPSA) is 32.8 Å². The molecular formula is C57H40N2O2. The second-order valence-electron chi connectivity index (χ2n) is 15.4. The van der Waals surface area contributed by atoms with Crippen molar-refractivity contribution in [3.8, 4) is 11.1 Å². The fourth-order valence-corrected chi connectivity index (χ4v) is 8.73. The predicted molar refractivity (Wildman–Crippen MR) is 257 cm³/mol. The van der Waals surface area contributed by atoms with Crippen LogP contribution < -0.4 is 20.4 Å². The molecule has 0 amide bonds. The number of hydrogen-bond acceptors (Lipinski definition) is 4. The van der Waals surface area contributed by atoms with E-state index in [1.54, 1.807) is 0 Å². The predicted octanol–water partition coefficient (Wildman–Crippen LogP) is 14.7. The van der Waals surface area contributed by atoms with E-state index in [-0.39, 0.29) is 0 Å². The van der Waals surface area contributed by atoms with Crippen molar-refractivity contribution in [2.75, 3.05) is 9.80 Å². The minimum absolute atomic E-state index is 0.731. The number of para-hydroxylation sites is 3. The van der Waals surface area contributed by atoms with Gasteiger partial charge in [-0.05, 0) is 101 Å². The Balaban J connectivity index is 1.09. The van der Waals surface area contributed by atoms with Crippen molar-refractivity contribution in [3.05, 3.63) is 223 Å². The van der Waals surface area contributed by atoms with E-state index in [9.17, 15) is 0 Å². The minimum atomic E-state index is 0.731. The van der Waals surface area contributed by atoms with Gasteiger partial charge >= 0.3 is 0 Å². The first-order valence-corrected chi connectivity index (χ1v) is 20.6. The van der Waals surface area contributed by atoms with Crippen LogP contribution >= 0.6 is 0 Å². The van der Waals surface area contributed by atoms with Crippen LogP contribution in [0.15, 0.2) is 221 Å². The third kappa shape index (κ3) is 6.42. The Morgan fingerprint density at radius 3 is 1.79 bits per heavy atom. The largest absolute Gasteiger partial charge is 0.456 e. The van der Waals surface area contributed by atoms with Crippen molar-refractivity contribution in [1.29, 1.82) is 0 Å². The van der Waals surface area contributed by atoms with Crippen molar-refractivity contribution in [3.63, 3.8) is 0 Å². The number of hydrogen-bond donors (Lipinski definition) is 0. The SMILES string of the molecule is C=c1/c(=C\C(=C/C)N(c2cccc(-c3ccccc3N(c3ccc4ccccc4c3)c3ccc4c(c3)oc3ccccc34)c2)c2ccc3ccccc3c2)oc2ccccc12. The van der Waals surface area contributed by atoms with Crippen LogP contribution in [-0.4, -0.2) is 0 Å². The average Bonchev–Trinajstić information content (AvgIpc) is 3.85. The zero-order valence-corrected chi connectivity index (χ0v) is 33.6. The molecule has 0 saturated carbocycles. The number of allylic oxidation sites excluding steroid dienone is 2. The molecular weight excluding hydrogens is 745 g/mol. The Labute approximate surface area is 353 Å². The molecule has 0 aliphatic rings. The third-order valence-corrected chi connectivity index (χ3v) is 11.7. The summed E-state index contributed by atoms with van der Waals surface area (Å²) in [6.45, 7) is 6.51. The molecule has 11 aromatic rings. The molecule has 0 aliphatic heterocycles. The van der Waals surface area contributed by atoms with Crippen molar-refractivity contribution >= 4 is 95.5 Å². The van der Waals surface area contributed by atoms with Crippen molar-refractivity contribution in [2.24, 2.45) is 0 Å². The van der Waals surface area contributed by atoms with Gasteiger partial charge in [-0.2, -0.15) is 0 Å². The van der Waals surface area contributed by atoms with Gasteiger partial charge in [-0.1, -0.05) is 140 Å². The van der Waals surface area contributed by atoms with E-state index < -0.39 is 0 Å². The highest BCUT2D eigenvalue weighted by Gasteiger charge is 2.21. The Morgan fingerprint density at radius 2 is 1.03 bits per heavy atom. The molecule has 0 spiro atoms. The number of furan rings is 2. The summed E-state index contributed by atoms with van der Waals surface area (Å²) in [4.78, 5) is 4.66. The Morgan fingerprint density at radius 1 is 0.459 bits per heavy atom. The molecule has 0 bridgehead atoms. The van der Waals surface area contributed by atoms with E-state index in [0.717, 1.165) is 94.2 Å². The van der Waals surface area contributed by atoms with Crippen LogP contribution in [0.25, 0.3) is 78.2 Å². The summed E-state index contributed by atoms with van der Waals surface area (Å²) < 4.78 is 12.9. The Bertz CT molecular complexity index is 3610. The molecule has 0 radical (unpaired) electrons. The second kappa shape index (κ2) is 14.9. The molecule has 0 saturated heterocycles. The highest BCUT2D eigenvalue weighted by atomic mass is 16.3. The minimum Gasteiger partial charge on any atom is -0.456 e. The number of benzene rings is 9. The summed E-state index contributed by atoms with van der Waals surface area (Å²) in [7, 11) is 0. The molecule has 290 valence electrons. The first kappa shape index (κ1) is 36.0. The van der Waals surface area contributed by atoms with Gasteiger partial charge < -0.3 is 18.6 Å². The summed E-state index contributed by atoms with van der Waals surface area (Å²) >= 11 is 0. The molecule has 0 atom stereocenters. The van der Waals surface area contributed by atoms with E-state index in [0.29, 0.717) is 0 Å². The normalized spacial score (nSPS) is 12.3. The van der Waals surface area contributed by atoms with Crippen molar-refractivity contribution in [2.45, 2.75) is 6.92 Å². The molecule has 0 fully saturated rings. The van der Waals surface area contributed by atoms with E-state index in [1.807, 2.05) is 30.3 Å². The monoisotopic (exact) mass is 784 g/mol. The van der Waals surface area contributed by atoms with Crippen LogP contribution in [0, 0.1) is 0 Å². The molecule has 0 unspecified atom stereocenters. The number of rotatable bonds is 8. The van der Waals surface area contributed by atoms with Crippen LogP contribution in [0.5, 0.6) is 0 Å². The second-order valence-corrected chi connectivity index (χ2v) is 15.4. The van der Waals surface area contributed by atoms with Crippen LogP contribution in [0.1, 0.15) is 6.92 Å². The quantitative estimate of drug-likeness (QED) is 0.154. The van der Waals surface area contributed by atoms with Gasteiger partial charge in [0.15, 0.2) is 0 Å². The molecule has 0 aliphatic carbocycles. The maximum absolute atomic E-state index is 6.46. The standard InChI is InChI=1S/C57H40N2O2/c1-3-44(36-56-38(2)49-21-9-12-25-54(49)60-56)58(46-29-27-39-15-4-6-17-41(39)33-46)45-20-14-19-43(35-45)50-22-8-11-24-53(50)59(47-30-28-40-16-5-7-18-42(40)34-47)48-31-32-52-51-23-10-13-26-55(51)61-57(52)37-48/h3-37H,2H2,1H3/b44-3+,56-36+. The van der Waals surface area contributed by atoms with E-state index in [4.69, 9.17) is 8.83 Å². The van der Waals surface area contributed by atoms with Crippen LogP contribution in [-0.2, 0) is 0 Å². The number of anilines is 5. The first-order chi connectivity index (χ1) is 30.1. The van der Waals surface area contributed by atoms with Crippen LogP contribution in [0.4, 0.5) is 28.4 Å². The fraction of sp³-hybridized carbons (Fsp3) is 0.0175. The van der Waals surface area contributed by atoms with Gasteiger partial charge in [0, 0.05) is 67.5 Å². The summed E-state index contributed by atoms with van der Waals surface area (Å²) in [6.07, 6.45) is 4.24. The summed E-state index contributed by atoms with van der Waals surface area (Å²) in [6, 6.07) is 70.7. The fourth-order valence-electron chi connectivity index (χ4n) is 8.73. The zero-order valence-electron chi connectivity index (χ0n) is 33.6. The van der Waals surface area contributed by atoms with Gasteiger partial charge in [-0.3, -0.25) is 0 Å². The lowest BCUT2D eigenvalue weighted by Crippen LogP contribution is -2.22. The number of fused-ring (bicyclic) bond motifs is 6. The van der Waals surface area contributed by atoms with Gasteiger partial charge in [0.1, 0.15) is 22.2 Å². The molecule has 11 rings (SSSR count). The average molecular weight is 785 g/mol. The molecule has 0 N–H and O–H groups in total. The van der Waals surface area contributed by atoms with Crippen molar-refractivity contribution in [1.82, 2.24) is 0 Å². The van der Waals surface area contributed by atoms with Crippen LogP contribution in [0.2, 0.25) is 0 Å².